The molecule has 1 aromatic carbocycles. The van der Waals surface area contributed by atoms with Crippen LogP contribution in [0, 0.1) is 0 Å². The van der Waals surface area contributed by atoms with Crippen LogP contribution in [0.3, 0.4) is 0 Å². The van der Waals surface area contributed by atoms with Crippen LogP contribution < -0.4 is 9.64 Å². The van der Waals surface area contributed by atoms with Crippen molar-refractivity contribution in [3.05, 3.63) is 36.4 Å². The number of ether oxygens (including phenoxy) is 2. The summed E-state index contributed by atoms with van der Waals surface area (Å²) in [4.78, 5) is 16.6. The van der Waals surface area contributed by atoms with Crippen molar-refractivity contribution in [3.8, 4) is 5.75 Å². The van der Waals surface area contributed by atoms with Crippen molar-refractivity contribution in [2.45, 2.75) is 71.1 Å². The molecular formula is C26H42N2O3. The predicted octanol–water partition coefficient (Wildman–Crippen LogP) is 6.21. The van der Waals surface area contributed by atoms with Crippen LogP contribution in [-0.2, 0) is 11.2 Å². The lowest BCUT2D eigenvalue weighted by Gasteiger charge is -2.29. The molecule has 0 unspecified atom stereocenters. The molecule has 1 aliphatic heterocycles. The highest BCUT2D eigenvalue weighted by atomic mass is 16.6. The van der Waals surface area contributed by atoms with E-state index in [2.05, 4.69) is 31.5 Å². The van der Waals surface area contributed by atoms with Crippen LogP contribution in [0.5, 0.6) is 5.75 Å². The zero-order chi connectivity index (χ0) is 22.3. The molecule has 1 aromatic rings. The number of amides is 1. The second-order valence-corrected chi connectivity index (χ2v) is 8.53. The average molecular weight is 431 g/mol. The lowest BCUT2D eigenvalue weighted by Crippen LogP contribution is -2.36. The van der Waals surface area contributed by atoms with Gasteiger partial charge in [-0.2, -0.15) is 0 Å². The topological polar surface area (TPSA) is 42.0 Å². The highest BCUT2D eigenvalue weighted by molar-refractivity contribution is 5.89. The third-order valence-electron chi connectivity index (χ3n) is 5.76. The molecule has 1 heterocycles. The van der Waals surface area contributed by atoms with Crippen LogP contribution in [0.1, 0.15) is 70.3 Å². The van der Waals surface area contributed by atoms with E-state index in [0.29, 0.717) is 6.61 Å². The summed E-state index contributed by atoms with van der Waals surface area (Å²) in [6.45, 7) is 10.0. The van der Waals surface area contributed by atoms with Gasteiger partial charge in [0.15, 0.2) is 0 Å². The zero-order valence-corrected chi connectivity index (χ0v) is 19.7. The quantitative estimate of drug-likeness (QED) is 0.245. The molecule has 31 heavy (non-hydrogen) atoms. The van der Waals surface area contributed by atoms with Gasteiger partial charge in [-0.05, 0) is 69.5 Å². The summed E-state index contributed by atoms with van der Waals surface area (Å²) in [6, 6.07) is 6.09. The SMILES string of the molecule is C=CCN(C)CCCCCCOc1ccc2c(c1)CCCN2C(=O)OCCCCCC. The van der Waals surface area contributed by atoms with Gasteiger partial charge in [-0.3, -0.25) is 4.90 Å². The Bertz CT molecular complexity index is 662. The summed E-state index contributed by atoms with van der Waals surface area (Å²) in [5.74, 6) is 0.902. The van der Waals surface area contributed by atoms with E-state index in [9.17, 15) is 4.79 Å². The molecule has 5 nitrogen and oxygen atoms in total. The number of carbonyl (C=O) groups is 1. The summed E-state index contributed by atoms with van der Waals surface area (Å²) in [5, 5.41) is 0. The van der Waals surface area contributed by atoms with Crippen LogP contribution in [0.15, 0.2) is 30.9 Å². The first-order valence-corrected chi connectivity index (χ1v) is 12.1. The van der Waals surface area contributed by atoms with Crippen molar-refractivity contribution >= 4 is 11.8 Å². The standard InChI is InChI=1S/C26H42N2O3/c1-4-6-7-11-21-31-26(29)28-19-13-14-23-22-24(15-16-25(23)28)30-20-12-9-8-10-18-27(3)17-5-2/h5,15-16,22H,2,4,6-14,17-21H2,1,3H3. The molecule has 5 heteroatoms. The van der Waals surface area contributed by atoms with E-state index in [1.54, 1.807) is 4.90 Å². The number of carbonyl (C=O) groups excluding carboxylic acids is 1. The fraction of sp³-hybridized carbons (Fsp3) is 0.654. The van der Waals surface area contributed by atoms with Crippen molar-refractivity contribution in [1.29, 1.82) is 0 Å². The maximum atomic E-state index is 12.5. The predicted molar refractivity (Wildman–Crippen MR) is 129 cm³/mol. The summed E-state index contributed by atoms with van der Waals surface area (Å²) >= 11 is 0. The molecule has 0 saturated carbocycles. The highest BCUT2D eigenvalue weighted by Crippen LogP contribution is 2.31. The van der Waals surface area contributed by atoms with Crippen molar-refractivity contribution < 1.29 is 14.3 Å². The minimum atomic E-state index is -0.218. The number of rotatable bonds is 15. The van der Waals surface area contributed by atoms with E-state index >= 15 is 0 Å². The Morgan fingerprint density at radius 3 is 2.71 bits per heavy atom. The Hall–Kier alpha value is -2.01. The Kier molecular flexibility index (Phi) is 12.1. The smallest absolute Gasteiger partial charge is 0.414 e. The molecule has 174 valence electrons. The van der Waals surface area contributed by atoms with Gasteiger partial charge in [0.25, 0.3) is 0 Å². The Labute approximate surface area is 189 Å². The van der Waals surface area contributed by atoms with Gasteiger partial charge in [0, 0.05) is 13.1 Å². The van der Waals surface area contributed by atoms with E-state index in [1.165, 1.54) is 37.7 Å². The minimum Gasteiger partial charge on any atom is -0.494 e. The van der Waals surface area contributed by atoms with E-state index in [-0.39, 0.29) is 6.09 Å². The summed E-state index contributed by atoms with van der Waals surface area (Å²) in [6.07, 6.45) is 12.8. The molecule has 0 bridgehead atoms. The molecule has 0 N–H and O–H groups in total. The average Bonchev–Trinajstić information content (AvgIpc) is 2.77. The first-order valence-electron chi connectivity index (χ1n) is 12.1. The molecule has 0 aromatic heterocycles. The van der Waals surface area contributed by atoms with Crippen LogP contribution in [0.2, 0.25) is 0 Å². The van der Waals surface area contributed by atoms with Gasteiger partial charge in [-0.1, -0.05) is 45.1 Å². The number of nitrogens with zero attached hydrogens (tertiary/aromatic N) is 2. The third kappa shape index (κ3) is 9.34. The van der Waals surface area contributed by atoms with Crippen molar-refractivity contribution in [1.82, 2.24) is 4.90 Å². The van der Waals surface area contributed by atoms with Gasteiger partial charge in [0.2, 0.25) is 0 Å². The molecule has 0 fully saturated rings. The first-order chi connectivity index (χ1) is 15.2. The van der Waals surface area contributed by atoms with Gasteiger partial charge in [-0.25, -0.2) is 4.79 Å². The van der Waals surface area contributed by atoms with E-state index in [4.69, 9.17) is 9.47 Å². The second-order valence-electron chi connectivity index (χ2n) is 8.53. The van der Waals surface area contributed by atoms with Crippen LogP contribution in [0.25, 0.3) is 0 Å². The molecule has 1 aliphatic rings. The number of hydrogen-bond donors (Lipinski definition) is 0. The van der Waals surface area contributed by atoms with Crippen LogP contribution >= 0.6 is 0 Å². The van der Waals surface area contributed by atoms with Crippen LogP contribution in [0.4, 0.5) is 10.5 Å². The summed E-state index contributed by atoms with van der Waals surface area (Å²) < 4.78 is 11.5. The van der Waals surface area contributed by atoms with Gasteiger partial charge in [-0.15, -0.1) is 6.58 Å². The highest BCUT2D eigenvalue weighted by Gasteiger charge is 2.24. The largest absolute Gasteiger partial charge is 0.494 e. The fourth-order valence-corrected chi connectivity index (χ4v) is 3.96. The van der Waals surface area contributed by atoms with Crippen molar-refractivity contribution in [2.24, 2.45) is 0 Å². The lowest BCUT2D eigenvalue weighted by atomic mass is 10.0. The Morgan fingerprint density at radius 2 is 1.90 bits per heavy atom. The second kappa shape index (κ2) is 14.9. The number of unbranched alkanes of at least 4 members (excludes halogenated alkanes) is 6. The maximum absolute atomic E-state index is 12.5. The number of anilines is 1. The first kappa shape index (κ1) is 25.3. The van der Waals surface area contributed by atoms with Gasteiger partial charge in [0.1, 0.15) is 5.75 Å². The fourth-order valence-electron chi connectivity index (χ4n) is 3.96. The van der Waals surface area contributed by atoms with Crippen LogP contribution in [-0.4, -0.2) is 50.9 Å². The molecular weight excluding hydrogens is 388 g/mol. The normalized spacial score (nSPS) is 13.2. The van der Waals surface area contributed by atoms with E-state index in [1.807, 2.05) is 18.2 Å². The monoisotopic (exact) mass is 430 g/mol. The van der Waals surface area contributed by atoms with Gasteiger partial charge < -0.3 is 14.4 Å². The Morgan fingerprint density at radius 1 is 1.13 bits per heavy atom. The molecule has 0 atom stereocenters. The molecule has 1 amide bonds. The summed E-state index contributed by atoms with van der Waals surface area (Å²) in [5.41, 5.74) is 2.15. The van der Waals surface area contributed by atoms with Gasteiger partial charge in [0.05, 0.1) is 18.9 Å². The lowest BCUT2D eigenvalue weighted by molar-refractivity contribution is 0.150. The third-order valence-corrected chi connectivity index (χ3v) is 5.76. The van der Waals surface area contributed by atoms with E-state index < -0.39 is 0 Å². The van der Waals surface area contributed by atoms with Crippen molar-refractivity contribution in [2.75, 3.05) is 44.8 Å². The molecule has 0 radical (unpaired) electrons. The zero-order valence-electron chi connectivity index (χ0n) is 19.7. The molecule has 0 saturated heterocycles. The number of likely N-dealkylation sites (N-methyl/N-ethyl adjacent to an activating group) is 1. The molecule has 0 spiro atoms. The number of aryl methyl sites for hydroxylation is 1. The number of fused-ring (bicyclic) bond motifs is 1. The van der Waals surface area contributed by atoms with Gasteiger partial charge >= 0.3 is 6.09 Å². The maximum Gasteiger partial charge on any atom is 0.414 e. The number of hydrogen-bond acceptors (Lipinski definition) is 4. The Balaban J connectivity index is 1.71. The van der Waals surface area contributed by atoms with E-state index in [0.717, 1.165) is 69.8 Å². The number of benzene rings is 1. The minimum absolute atomic E-state index is 0.218. The van der Waals surface area contributed by atoms with Crippen molar-refractivity contribution in [3.63, 3.8) is 0 Å². The molecule has 0 aliphatic carbocycles. The molecule has 2 rings (SSSR count). The summed E-state index contributed by atoms with van der Waals surface area (Å²) in [7, 11) is 2.13.